The Balaban J connectivity index is 1.41. The number of hydrogen-bond acceptors (Lipinski definition) is 8. The number of nitrogens with zero attached hydrogens (tertiary/aromatic N) is 4. The first-order valence-corrected chi connectivity index (χ1v) is 10.9. The SMILES string of the molecule is O=[N+]([O-])c1cc(-c2ccncn2)ccc1NCCCCCCN1CC[C@@H](O)C[C@H]1CO. The van der Waals surface area contributed by atoms with Crippen LogP contribution in [0.15, 0.2) is 36.8 Å². The number of hydrogen-bond donors (Lipinski definition) is 3. The Labute approximate surface area is 182 Å². The summed E-state index contributed by atoms with van der Waals surface area (Å²) in [5.74, 6) is 0. The fourth-order valence-electron chi connectivity index (χ4n) is 4.03. The maximum atomic E-state index is 11.5. The summed E-state index contributed by atoms with van der Waals surface area (Å²) in [5, 5.41) is 33.9. The van der Waals surface area contributed by atoms with Crippen molar-refractivity contribution < 1.29 is 15.1 Å². The highest BCUT2D eigenvalue weighted by atomic mass is 16.6. The van der Waals surface area contributed by atoms with E-state index in [0.29, 0.717) is 29.9 Å². The minimum atomic E-state index is -0.375. The zero-order chi connectivity index (χ0) is 22.1. The van der Waals surface area contributed by atoms with Gasteiger partial charge in [-0.05, 0) is 44.4 Å². The molecule has 0 spiro atoms. The number of likely N-dealkylation sites (tertiary alicyclic amines) is 1. The molecule has 1 fully saturated rings. The average Bonchev–Trinajstić information content (AvgIpc) is 2.79. The van der Waals surface area contributed by atoms with E-state index < -0.39 is 0 Å². The van der Waals surface area contributed by atoms with Crippen LogP contribution in [0.2, 0.25) is 0 Å². The van der Waals surface area contributed by atoms with E-state index in [2.05, 4.69) is 20.2 Å². The molecule has 9 nitrogen and oxygen atoms in total. The molecule has 2 heterocycles. The third-order valence-electron chi connectivity index (χ3n) is 5.78. The number of aliphatic hydroxyl groups excluding tert-OH is 2. The van der Waals surface area contributed by atoms with Crippen LogP contribution in [0.3, 0.4) is 0 Å². The lowest BCUT2D eigenvalue weighted by Gasteiger charge is -2.36. The molecule has 168 valence electrons. The predicted octanol–water partition coefficient (Wildman–Crippen LogP) is 2.84. The number of anilines is 1. The summed E-state index contributed by atoms with van der Waals surface area (Å²) in [6, 6.07) is 6.88. The van der Waals surface area contributed by atoms with Crippen molar-refractivity contribution in [1.82, 2.24) is 14.9 Å². The first-order chi connectivity index (χ1) is 15.1. The van der Waals surface area contributed by atoms with Gasteiger partial charge in [0.25, 0.3) is 5.69 Å². The van der Waals surface area contributed by atoms with E-state index in [1.165, 1.54) is 12.4 Å². The first-order valence-electron chi connectivity index (χ1n) is 10.9. The number of nitro groups is 1. The molecule has 1 aromatic carbocycles. The number of aliphatic hydroxyl groups is 2. The van der Waals surface area contributed by atoms with Gasteiger partial charge in [-0.1, -0.05) is 18.9 Å². The molecule has 0 amide bonds. The standard InChI is InChI=1S/C22H31N5O4/c28-15-18-14-19(29)8-12-26(18)11-4-2-1-3-9-24-21-6-5-17(13-22(21)27(30)31)20-7-10-23-16-25-20/h5-7,10,13,16,18-19,24,28-29H,1-4,8-9,11-12,14-15H2/t18-,19+/m0/s1. The molecule has 0 bridgehead atoms. The normalized spacial score (nSPS) is 19.3. The quantitative estimate of drug-likeness (QED) is 0.283. The van der Waals surface area contributed by atoms with Gasteiger partial charge in [0.15, 0.2) is 0 Å². The van der Waals surface area contributed by atoms with Crippen molar-refractivity contribution in [2.45, 2.75) is 50.7 Å². The van der Waals surface area contributed by atoms with Crippen molar-refractivity contribution >= 4 is 11.4 Å². The molecule has 1 aromatic heterocycles. The lowest BCUT2D eigenvalue weighted by Crippen LogP contribution is -2.46. The summed E-state index contributed by atoms with van der Waals surface area (Å²) in [5.41, 5.74) is 1.89. The lowest BCUT2D eigenvalue weighted by molar-refractivity contribution is -0.383. The highest BCUT2D eigenvalue weighted by molar-refractivity contribution is 5.71. The van der Waals surface area contributed by atoms with Crippen molar-refractivity contribution in [2.75, 3.05) is 31.6 Å². The Morgan fingerprint density at radius 2 is 2.06 bits per heavy atom. The Hall–Kier alpha value is -2.62. The Morgan fingerprint density at radius 1 is 1.23 bits per heavy atom. The van der Waals surface area contributed by atoms with Crippen LogP contribution >= 0.6 is 0 Å². The molecule has 0 unspecified atom stereocenters. The third-order valence-corrected chi connectivity index (χ3v) is 5.78. The number of rotatable bonds is 11. The summed E-state index contributed by atoms with van der Waals surface area (Å²) >= 11 is 0. The smallest absolute Gasteiger partial charge is 0.292 e. The molecule has 0 aliphatic carbocycles. The fraction of sp³-hybridized carbons (Fsp3) is 0.545. The first kappa shape index (κ1) is 23.1. The molecule has 3 rings (SSSR count). The second-order valence-electron chi connectivity index (χ2n) is 7.98. The number of aromatic nitrogens is 2. The number of benzene rings is 1. The van der Waals surface area contributed by atoms with E-state index in [4.69, 9.17) is 0 Å². The third kappa shape index (κ3) is 6.68. The van der Waals surface area contributed by atoms with Crippen LogP contribution in [0.4, 0.5) is 11.4 Å². The molecule has 2 aromatic rings. The second kappa shape index (κ2) is 11.7. The number of nitro benzene ring substituents is 1. The molecular formula is C22H31N5O4. The number of unbranched alkanes of at least 4 members (excludes halogenated alkanes) is 3. The number of piperidine rings is 1. The molecule has 9 heteroatoms. The van der Waals surface area contributed by atoms with E-state index >= 15 is 0 Å². The van der Waals surface area contributed by atoms with Gasteiger partial charge in [-0.2, -0.15) is 0 Å². The summed E-state index contributed by atoms with van der Waals surface area (Å²) in [6.07, 6.45) is 8.22. The molecule has 31 heavy (non-hydrogen) atoms. The Bertz CT molecular complexity index is 836. The van der Waals surface area contributed by atoms with Gasteiger partial charge in [-0.25, -0.2) is 9.97 Å². The largest absolute Gasteiger partial charge is 0.395 e. The van der Waals surface area contributed by atoms with Gasteiger partial charge in [0.05, 0.1) is 23.3 Å². The van der Waals surface area contributed by atoms with Gasteiger partial charge in [-0.3, -0.25) is 15.0 Å². The minimum absolute atomic E-state index is 0.0402. The summed E-state index contributed by atoms with van der Waals surface area (Å²) in [4.78, 5) is 21.4. The maximum Gasteiger partial charge on any atom is 0.292 e. The van der Waals surface area contributed by atoms with Crippen LogP contribution in [0.5, 0.6) is 0 Å². The molecule has 1 aliphatic rings. The van der Waals surface area contributed by atoms with Gasteiger partial charge in [-0.15, -0.1) is 0 Å². The average molecular weight is 430 g/mol. The van der Waals surface area contributed by atoms with Crippen LogP contribution < -0.4 is 5.32 Å². The summed E-state index contributed by atoms with van der Waals surface area (Å²) in [7, 11) is 0. The van der Waals surface area contributed by atoms with Crippen LogP contribution in [0.1, 0.15) is 38.5 Å². The molecule has 3 N–H and O–H groups in total. The van der Waals surface area contributed by atoms with Crippen LogP contribution in [0, 0.1) is 10.1 Å². The van der Waals surface area contributed by atoms with Crippen molar-refractivity contribution in [3.63, 3.8) is 0 Å². The van der Waals surface area contributed by atoms with E-state index in [1.54, 1.807) is 18.3 Å². The molecule has 0 radical (unpaired) electrons. The zero-order valence-corrected chi connectivity index (χ0v) is 17.7. The highest BCUT2D eigenvalue weighted by Gasteiger charge is 2.26. The molecule has 2 atom stereocenters. The molecular weight excluding hydrogens is 398 g/mol. The maximum absolute atomic E-state index is 11.5. The van der Waals surface area contributed by atoms with Crippen LogP contribution in [0.25, 0.3) is 11.3 Å². The monoisotopic (exact) mass is 429 g/mol. The van der Waals surface area contributed by atoms with E-state index in [0.717, 1.165) is 45.2 Å². The van der Waals surface area contributed by atoms with Crippen molar-refractivity contribution in [1.29, 1.82) is 0 Å². The lowest BCUT2D eigenvalue weighted by atomic mass is 9.99. The van der Waals surface area contributed by atoms with Crippen molar-refractivity contribution in [3.05, 3.63) is 46.9 Å². The van der Waals surface area contributed by atoms with Crippen LogP contribution in [-0.4, -0.2) is 68.4 Å². The predicted molar refractivity (Wildman–Crippen MR) is 119 cm³/mol. The minimum Gasteiger partial charge on any atom is -0.395 e. The van der Waals surface area contributed by atoms with Gasteiger partial charge >= 0.3 is 0 Å². The van der Waals surface area contributed by atoms with E-state index in [1.807, 2.05) is 6.07 Å². The topological polar surface area (TPSA) is 125 Å². The van der Waals surface area contributed by atoms with Crippen molar-refractivity contribution in [3.8, 4) is 11.3 Å². The zero-order valence-electron chi connectivity index (χ0n) is 17.7. The highest BCUT2D eigenvalue weighted by Crippen LogP contribution is 2.29. The van der Waals surface area contributed by atoms with E-state index in [9.17, 15) is 20.3 Å². The second-order valence-corrected chi connectivity index (χ2v) is 7.98. The van der Waals surface area contributed by atoms with Gasteiger partial charge in [0.1, 0.15) is 12.0 Å². The van der Waals surface area contributed by atoms with Gasteiger partial charge in [0.2, 0.25) is 0 Å². The van der Waals surface area contributed by atoms with Gasteiger partial charge < -0.3 is 15.5 Å². The molecule has 1 aliphatic heterocycles. The Morgan fingerprint density at radius 3 is 2.81 bits per heavy atom. The Kier molecular flexibility index (Phi) is 8.69. The van der Waals surface area contributed by atoms with Crippen LogP contribution in [-0.2, 0) is 0 Å². The van der Waals surface area contributed by atoms with Gasteiger partial charge in [0, 0.05) is 37.0 Å². The van der Waals surface area contributed by atoms with Crippen molar-refractivity contribution in [2.24, 2.45) is 0 Å². The summed E-state index contributed by atoms with van der Waals surface area (Å²) in [6.45, 7) is 2.53. The van der Waals surface area contributed by atoms with E-state index in [-0.39, 0.29) is 29.4 Å². The number of nitrogens with one attached hydrogen (secondary N) is 1. The molecule has 1 saturated heterocycles. The molecule has 0 saturated carbocycles. The fourth-order valence-corrected chi connectivity index (χ4v) is 4.03. The summed E-state index contributed by atoms with van der Waals surface area (Å²) < 4.78 is 0.